The monoisotopic (exact) mass is 493 g/mol. The van der Waals surface area contributed by atoms with Crippen LogP contribution in [0.3, 0.4) is 0 Å². The molecule has 0 atom stereocenters. The van der Waals surface area contributed by atoms with Gasteiger partial charge in [-0.05, 0) is 37.8 Å². The predicted octanol–water partition coefficient (Wildman–Crippen LogP) is 3.16. The van der Waals surface area contributed by atoms with Gasteiger partial charge in [0.1, 0.15) is 12.1 Å². The van der Waals surface area contributed by atoms with E-state index in [9.17, 15) is 23.1 Å². The first-order valence-corrected chi connectivity index (χ1v) is 11.2. The van der Waals surface area contributed by atoms with Crippen molar-refractivity contribution in [2.45, 2.75) is 50.6 Å². The number of anilines is 1. The first-order valence-electron chi connectivity index (χ1n) is 11.2. The third-order valence-corrected chi connectivity index (χ3v) is 5.84. The van der Waals surface area contributed by atoms with E-state index in [1.165, 1.54) is 17.9 Å². The topological polar surface area (TPSA) is 111 Å². The van der Waals surface area contributed by atoms with E-state index in [1.54, 1.807) is 24.4 Å². The Morgan fingerprint density at radius 3 is 2.60 bits per heavy atom. The fourth-order valence-corrected chi connectivity index (χ4v) is 4.03. The molecule has 3 heterocycles. The highest BCUT2D eigenvalue weighted by atomic mass is 19.4. The molecule has 12 heteroatoms. The van der Waals surface area contributed by atoms with Gasteiger partial charge in [-0.25, -0.2) is 9.97 Å². The summed E-state index contributed by atoms with van der Waals surface area (Å²) < 4.78 is 48.7. The molecule has 188 valence electrons. The Bertz CT molecular complexity index is 1210. The number of nitrogens with zero attached hydrogens (tertiary/aromatic N) is 4. The smallest absolute Gasteiger partial charge is 0.411 e. The number of alkyl halides is 3. The average Bonchev–Trinajstić information content (AvgIpc) is 2.84. The third kappa shape index (κ3) is 6.25. The molecular formula is C23H26F3N5O4. The average molecular weight is 493 g/mol. The maximum absolute atomic E-state index is 13.3. The molecule has 35 heavy (non-hydrogen) atoms. The van der Waals surface area contributed by atoms with E-state index in [4.69, 9.17) is 9.47 Å². The van der Waals surface area contributed by atoms with E-state index in [0.29, 0.717) is 53.9 Å². The minimum absolute atomic E-state index is 0.0383. The second-order valence-corrected chi connectivity index (χ2v) is 8.38. The molecule has 9 nitrogen and oxygen atoms in total. The van der Waals surface area contributed by atoms with E-state index in [-0.39, 0.29) is 31.1 Å². The number of methoxy groups -OCH3 is 1. The first kappa shape index (κ1) is 24.9. The van der Waals surface area contributed by atoms with Gasteiger partial charge in [0.2, 0.25) is 5.88 Å². The van der Waals surface area contributed by atoms with Crippen LogP contribution in [0.25, 0.3) is 22.3 Å². The fourth-order valence-electron chi connectivity index (χ4n) is 4.03. The lowest BCUT2D eigenvalue weighted by atomic mass is 9.93. The Morgan fingerprint density at radius 2 is 1.94 bits per heavy atom. The highest BCUT2D eigenvalue weighted by molar-refractivity contribution is 5.80. The van der Waals surface area contributed by atoms with Gasteiger partial charge in [0, 0.05) is 30.4 Å². The van der Waals surface area contributed by atoms with Crippen LogP contribution in [0, 0.1) is 0 Å². The SMILES string of the molecule is COc1ccc(-c2cc3c(cn2)nc(NC2CCC(O)CC2)c(=O)n3CCOCC(F)(F)F)cn1. The number of aliphatic hydroxyl groups excluding tert-OH is 1. The summed E-state index contributed by atoms with van der Waals surface area (Å²) in [4.78, 5) is 26.3. The van der Waals surface area contributed by atoms with Crippen molar-refractivity contribution in [3.8, 4) is 17.1 Å². The number of aromatic nitrogens is 4. The third-order valence-electron chi connectivity index (χ3n) is 5.84. The molecule has 0 aromatic carbocycles. The summed E-state index contributed by atoms with van der Waals surface area (Å²) in [5.41, 5.74) is 1.54. The fraction of sp³-hybridized carbons (Fsp3) is 0.478. The van der Waals surface area contributed by atoms with E-state index >= 15 is 0 Å². The van der Waals surface area contributed by atoms with E-state index in [2.05, 4.69) is 20.3 Å². The number of ether oxygens (including phenoxy) is 2. The normalized spacial score (nSPS) is 18.5. The van der Waals surface area contributed by atoms with Gasteiger partial charge in [0.05, 0.1) is 37.2 Å². The van der Waals surface area contributed by atoms with Crippen LogP contribution in [0.15, 0.2) is 35.4 Å². The maximum atomic E-state index is 13.3. The summed E-state index contributed by atoms with van der Waals surface area (Å²) in [6.07, 6.45) is 0.863. The summed E-state index contributed by atoms with van der Waals surface area (Å²) in [6.45, 7) is -1.81. The Labute approximate surface area is 198 Å². The molecule has 1 aliphatic carbocycles. The summed E-state index contributed by atoms with van der Waals surface area (Å²) in [6, 6.07) is 5.04. The van der Waals surface area contributed by atoms with Crippen molar-refractivity contribution in [3.05, 3.63) is 40.9 Å². The zero-order valence-electron chi connectivity index (χ0n) is 19.1. The van der Waals surface area contributed by atoms with Crippen LogP contribution in [0.1, 0.15) is 25.7 Å². The van der Waals surface area contributed by atoms with Crippen LogP contribution >= 0.6 is 0 Å². The zero-order chi connectivity index (χ0) is 25.0. The van der Waals surface area contributed by atoms with Gasteiger partial charge in [-0.3, -0.25) is 9.78 Å². The van der Waals surface area contributed by atoms with Gasteiger partial charge in [0.25, 0.3) is 5.56 Å². The number of nitrogens with one attached hydrogen (secondary N) is 1. The molecule has 0 amide bonds. The molecule has 0 unspecified atom stereocenters. The summed E-state index contributed by atoms with van der Waals surface area (Å²) in [5, 5.41) is 12.9. The van der Waals surface area contributed by atoms with E-state index in [0.717, 1.165) is 0 Å². The van der Waals surface area contributed by atoms with Gasteiger partial charge >= 0.3 is 6.18 Å². The van der Waals surface area contributed by atoms with Crippen LogP contribution in [0.2, 0.25) is 0 Å². The minimum atomic E-state index is -4.46. The van der Waals surface area contributed by atoms with Crippen molar-refractivity contribution in [1.82, 2.24) is 19.5 Å². The lowest BCUT2D eigenvalue weighted by molar-refractivity contribution is -0.174. The second kappa shape index (κ2) is 10.6. The summed E-state index contributed by atoms with van der Waals surface area (Å²) in [7, 11) is 1.50. The van der Waals surface area contributed by atoms with Crippen LogP contribution in [-0.2, 0) is 11.3 Å². The number of hydrogen-bond acceptors (Lipinski definition) is 8. The number of hydrogen-bond donors (Lipinski definition) is 2. The molecule has 1 fully saturated rings. The summed E-state index contributed by atoms with van der Waals surface area (Å²) in [5.74, 6) is 0.524. The molecule has 1 saturated carbocycles. The van der Waals surface area contributed by atoms with Crippen LogP contribution < -0.4 is 15.6 Å². The largest absolute Gasteiger partial charge is 0.481 e. The standard InChI is InChI=1S/C23H26F3N5O4/c1-34-20-7-2-14(11-28-20)17-10-19-18(12-27-17)30-21(29-15-3-5-16(32)6-4-15)22(33)31(19)8-9-35-13-23(24,25)26/h2,7,10-12,15-16,32H,3-6,8-9,13H2,1H3,(H,29,30). The zero-order valence-corrected chi connectivity index (χ0v) is 19.1. The van der Waals surface area contributed by atoms with E-state index in [1.807, 2.05) is 0 Å². The first-order chi connectivity index (χ1) is 16.7. The van der Waals surface area contributed by atoms with E-state index < -0.39 is 18.3 Å². The molecule has 0 spiro atoms. The highest BCUT2D eigenvalue weighted by Gasteiger charge is 2.27. The number of halogens is 3. The lowest BCUT2D eigenvalue weighted by Gasteiger charge is -2.26. The predicted molar refractivity (Wildman–Crippen MR) is 122 cm³/mol. The van der Waals surface area contributed by atoms with Gasteiger partial charge in [-0.1, -0.05) is 0 Å². The lowest BCUT2D eigenvalue weighted by Crippen LogP contribution is -2.34. The van der Waals surface area contributed by atoms with Crippen LogP contribution in [0.5, 0.6) is 5.88 Å². The van der Waals surface area contributed by atoms with Gasteiger partial charge in [0.15, 0.2) is 5.82 Å². The number of pyridine rings is 2. The Kier molecular flexibility index (Phi) is 7.51. The minimum Gasteiger partial charge on any atom is -0.481 e. The Morgan fingerprint density at radius 1 is 1.17 bits per heavy atom. The van der Waals surface area contributed by atoms with Crippen molar-refractivity contribution < 1.29 is 27.8 Å². The molecule has 3 aromatic rings. The molecule has 3 aromatic heterocycles. The van der Waals surface area contributed by atoms with Crippen LogP contribution in [0.4, 0.5) is 19.0 Å². The second-order valence-electron chi connectivity index (χ2n) is 8.38. The van der Waals surface area contributed by atoms with Crippen molar-refractivity contribution >= 4 is 16.9 Å². The Hall–Kier alpha value is -3.25. The number of rotatable bonds is 8. The number of aliphatic hydroxyl groups is 1. The Balaban J connectivity index is 1.68. The molecular weight excluding hydrogens is 467 g/mol. The maximum Gasteiger partial charge on any atom is 0.411 e. The number of fused-ring (bicyclic) bond motifs is 1. The quantitative estimate of drug-likeness (QED) is 0.461. The van der Waals surface area contributed by atoms with Crippen molar-refractivity contribution in [1.29, 1.82) is 0 Å². The van der Waals surface area contributed by atoms with Gasteiger partial charge < -0.3 is 24.5 Å². The van der Waals surface area contributed by atoms with Crippen molar-refractivity contribution in [2.75, 3.05) is 25.6 Å². The molecule has 0 bridgehead atoms. The molecule has 2 N–H and O–H groups in total. The molecule has 0 aliphatic heterocycles. The molecule has 1 aliphatic rings. The van der Waals surface area contributed by atoms with Gasteiger partial charge in [-0.15, -0.1) is 0 Å². The van der Waals surface area contributed by atoms with Crippen molar-refractivity contribution in [3.63, 3.8) is 0 Å². The van der Waals surface area contributed by atoms with Crippen molar-refractivity contribution in [2.24, 2.45) is 0 Å². The van der Waals surface area contributed by atoms with Gasteiger partial charge in [-0.2, -0.15) is 13.2 Å². The summed E-state index contributed by atoms with van der Waals surface area (Å²) >= 11 is 0. The highest BCUT2D eigenvalue weighted by Crippen LogP contribution is 2.24. The molecule has 0 saturated heterocycles. The molecule has 0 radical (unpaired) electrons. The van der Waals surface area contributed by atoms with Crippen LogP contribution in [-0.4, -0.2) is 63.3 Å². The molecule has 4 rings (SSSR count).